The zero-order chi connectivity index (χ0) is 13.8. The van der Waals surface area contributed by atoms with E-state index in [1.807, 2.05) is 29.1 Å². The Balaban J connectivity index is 2.17. The minimum absolute atomic E-state index is 0.386. The minimum atomic E-state index is 0.386. The van der Waals surface area contributed by atoms with Gasteiger partial charge >= 0.3 is 0 Å². The van der Waals surface area contributed by atoms with Crippen molar-refractivity contribution in [2.75, 3.05) is 0 Å². The summed E-state index contributed by atoms with van der Waals surface area (Å²) in [6, 6.07) is 5.83. The molecular formula is C14H17Cl2N3. The van der Waals surface area contributed by atoms with Gasteiger partial charge in [-0.3, -0.25) is 4.68 Å². The normalized spacial score (nSPS) is 12.6. The third-order valence-corrected chi connectivity index (χ3v) is 4.01. The lowest BCUT2D eigenvalue weighted by Crippen LogP contribution is -2.02. The van der Waals surface area contributed by atoms with Gasteiger partial charge in [-0.2, -0.15) is 0 Å². The number of aryl methyl sites for hydroxylation is 1. The van der Waals surface area contributed by atoms with Gasteiger partial charge in [0.05, 0.1) is 15.7 Å². The Morgan fingerprint density at radius 2 is 2.00 bits per heavy atom. The van der Waals surface area contributed by atoms with Crippen LogP contribution in [0.4, 0.5) is 0 Å². The van der Waals surface area contributed by atoms with Crippen LogP contribution in [0.15, 0.2) is 24.4 Å². The number of nitrogens with zero attached hydrogens (tertiary/aromatic N) is 3. The Kier molecular flexibility index (Phi) is 4.83. The molecule has 19 heavy (non-hydrogen) atoms. The molecule has 1 aromatic heterocycles. The molecule has 1 atom stereocenters. The zero-order valence-electron chi connectivity index (χ0n) is 11.1. The Bertz CT molecular complexity index is 551. The molecule has 0 aliphatic rings. The van der Waals surface area contributed by atoms with Crippen molar-refractivity contribution >= 4 is 23.2 Å². The first-order valence-electron chi connectivity index (χ1n) is 6.48. The highest BCUT2D eigenvalue weighted by atomic mass is 35.5. The fourth-order valence-electron chi connectivity index (χ4n) is 2.10. The van der Waals surface area contributed by atoms with E-state index in [-0.39, 0.29) is 0 Å². The molecule has 102 valence electrons. The van der Waals surface area contributed by atoms with Gasteiger partial charge in [0.1, 0.15) is 0 Å². The van der Waals surface area contributed by atoms with Crippen LogP contribution in [-0.2, 0) is 13.0 Å². The lowest BCUT2D eigenvalue weighted by Gasteiger charge is -2.14. The second-order valence-electron chi connectivity index (χ2n) is 4.55. The van der Waals surface area contributed by atoms with Gasteiger partial charge in [-0.1, -0.05) is 41.4 Å². The smallest absolute Gasteiger partial charge is 0.0833 e. The highest BCUT2D eigenvalue weighted by molar-refractivity contribution is 6.42. The summed E-state index contributed by atoms with van der Waals surface area (Å²) in [7, 11) is 0. The van der Waals surface area contributed by atoms with E-state index in [0.717, 1.165) is 25.1 Å². The lowest BCUT2D eigenvalue weighted by molar-refractivity contribution is 0.624. The quantitative estimate of drug-likeness (QED) is 0.822. The maximum atomic E-state index is 6.08. The standard InChI is InChI=1S/C14H17Cl2N3/c1-3-10(7-12-9-19(4-2)18-17-12)11-5-6-13(15)14(16)8-11/h5-6,8-10H,3-4,7H2,1-2H3. The Hall–Kier alpha value is -1.06. The average molecular weight is 298 g/mol. The molecule has 5 heteroatoms. The maximum absolute atomic E-state index is 6.08. The van der Waals surface area contributed by atoms with Gasteiger partial charge in [0, 0.05) is 12.7 Å². The summed E-state index contributed by atoms with van der Waals surface area (Å²) < 4.78 is 1.84. The van der Waals surface area contributed by atoms with Gasteiger partial charge in [-0.15, -0.1) is 5.10 Å². The van der Waals surface area contributed by atoms with Gasteiger partial charge < -0.3 is 0 Å². The summed E-state index contributed by atoms with van der Waals surface area (Å²) >= 11 is 12.0. The van der Waals surface area contributed by atoms with Crippen LogP contribution in [-0.4, -0.2) is 15.0 Å². The van der Waals surface area contributed by atoms with Crippen LogP contribution < -0.4 is 0 Å². The molecule has 0 N–H and O–H groups in total. The van der Waals surface area contributed by atoms with E-state index in [9.17, 15) is 0 Å². The zero-order valence-corrected chi connectivity index (χ0v) is 12.6. The summed E-state index contributed by atoms with van der Waals surface area (Å²) in [5, 5.41) is 9.46. The number of halogens is 2. The molecule has 0 bridgehead atoms. The van der Waals surface area contributed by atoms with E-state index in [2.05, 4.69) is 24.2 Å². The fraction of sp³-hybridized carbons (Fsp3) is 0.429. The SMILES string of the molecule is CCC(Cc1cn(CC)nn1)c1ccc(Cl)c(Cl)c1. The Labute approximate surface area is 123 Å². The molecular weight excluding hydrogens is 281 g/mol. The molecule has 0 radical (unpaired) electrons. The molecule has 1 unspecified atom stereocenters. The van der Waals surface area contributed by atoms with E-state index in [1.54, 1.807) is 0 Å². The molecule has 1 aromatic carbocycles. The molecule has 0 fully saturated rings. The van der Waals surface area contributed by atoms with E-state index in [0.29, 0.717) is 16.0 Å². The summed E-state index contributed by atoms with van der Waals surface area (Å²) in [4.78, 5) is 0. The van der Waals surface area contributed by atoms with Crippen molar-refractivity contribution in [3.05, 3.63) is 45.7 Å². The van der Waals surface area contributed by atoms with Gasteiger partial charge in [-0.05, 0) is 43.4 Å². The van der Waals surface area contributed by atoms with E-state index in [1.165, 1.54) is 5.56 Å². The van der Waals surface area contributed by atoms with Crippen molar-refractivity contribution in [2.45, 2.75) is 39.2 Å². The highest BCUT2D eigenvalue weighted by Crippen LogP contribution is 2.29. The van der Waals surface area contributed by atoms with Crippen LogP contribution >= 0.6 is 23.2 Å². The predicted molar refractivity (Wildman–Crippen MR) is 78.9 cm³/mol. The highest BCUT2D eigenvalue weighted by Gasteiger charge is 2.14. The van der Waals surface area contributed by atoms with Crippen molar-refractivity contribution in [1.29, 1.82) is 0 Å². The van der Waals surface area contributed by atoms with Crippen LogP contribution in [0, 0.1) is 0 Å². The number of benzene rings is 1. The Morgan fingerprint density at radius 1 is 1.21 bits per heavy atom. The van der Waals surface area contributed by atoms with Gasteiger partial charge in [0.25, 0.3) is 0 Å². The van der Waals surface area contributed by atoms with Crippen molar-refractivity contribution in [3.63, 3.8) is 0 Å². The van der Waals surface area contributed by atoms with Crippen molar-refractivity contribution < 1.29 is 0 Å². The van der Waals surface area contributed by atoms with Crippen LogP contribution in [0.1, 0.15) is 37.4 Å². The summed E-state index contributed by atoms with van der Waals surface area (Å²) in [5.41, 5.74) is 2.21. The molecule has 0 aliphatic carbocycles. The first-order valence-corrected chi connectivity index (χ1v) is 7.23. The van der Waals surface area contributed by atoms with E-state index in [4.69, 9.17) is 23.2 Å². The summed E-state index contributed by atoms with van der Waals surface area (Å²) in [6.07, 6.45) is 3.89. The van der Waals surface area contributed by atoms with E-state index >= 15 is 0 Å². The second kappa shape index (κ2) is 6.40. The molecule has 1 heterocycles. The van der Waals surface area contributed by atoms with Gasteiger partial charge in [0.15, 0.2) is 0 Å². The molecule has 2 aromatic rings. The number of aromatic nitrogens is 3. The first kappa shape index (κ1) is 14.4. The molecule has 0 saturated carbocycles. The predicted octanol–water partition coefficient (Wildman–Crippen LogP) is 4.34. The number of hydrogen-bond acceptors (Lipinski definition) is 2. The average Bonchev–Trinajstić information content (AvgIpc) is 2.87. The minimum Gasteiger partial charge on any atom is -0.253 e. The molecule has 0 aliphatic heterocycles. The molecule has 0 spiro atoms. The third-order valence-electron chi connectivity index (χ3n) is 3.27. The second-order valence-corrected chi connectivity index (χ2v) is 5.36. The van der Waals surface area contributed by atoms with Gasteiger partial charge in [0.2, 0.25) is 0 Å². The molecule has 0 saturated heterocycles. The van der Waals surface area contributed by atoms with Gasteiger partial charge in [-0.25, -0.2) is 0 Å². The molecule has 2 rings (SSSR count). The van der Waals surface area contributed by atoms with Crippen LogP contribution in [0.5, 0.6) is 0 Å². The third kappa shape index (κ3) is 3.48. The number of hydrogen-bond donors (Lipinski definition) is 0. The van der Waals surface area contributed by atoms with Crippen molar-refractivity contribution in [2.24, 2.45) is 0 Å². The first-order chi connectivity index (χ1) is 9.13. The fourth-order valence-corrected chi connectivity index (χ4v) is 2.41. The lowest BCUT2D eigenvalue weighted by atomic mass is 9.92. The largest absolute Gasteiger partial charge is 0.253 e. The van der Waals surface area contributed by atoms with Crippen LogP contribution in [0.2, 0.25) is 10.0 Å². The van der Waals surface area contributed by atoms with Crippen molar-refractivity contribution in [3.8, 4) is 0 Å². The summed E-state index contributed by atoms with van der Waals surface area (Å²) in [5.74, 6) is 0.386. The van der Waals surface area contributed by atoms with Crippen LogP contribution in [0.25, 0.3) is 0 Å². The van der Waals surface area contributed by atoms with Crippen molar-refractivity contribution in [1.82, 2.24) is 15.0 Å². The molecule has 0 amide bonds. The topological polar surface area (TPSA) is 30.7 Å². The maximum Gasteiger partial charge on any atom is 0.0833 e. The monoisotopic (exact) mass is 297 g/mol. The van der Waals surface area contributed by atoms with Crippen LogP contribution in [0.3, 0.4) is 0 Å². The number of rotatable bonds is 5. The molecule has 3 nitrogen and oxygen atoms in total. The van der Waals surface area contributed by atoms with E-state index < -0.39 is 0 Å². The summed E-state index contributed by atoms with van der Waals surface area (Å²) in [6.45, 7) is 5.06. The Morgan fingerprint density at radius 3 is 2.58 bits per heavy atom.